The van der Waals surface area contributed by atoms with Gasteiger partial charge in [-0.3, -0.25) is 0 Å². The van der Waals surface area contributed by atoms with E-state index in [-0.39, 0.29) is 0 Å². The van der Waals surface area contributed by atoms with Gasteiger partial charge >= 0.3 is 0 Å². The van der Waals surface area contributed by atoms with Crippen LogP contribution in [0.15, 0.2) is 0 Å². The Hall–Kier alpha value is 0.570. The molecule has 0 aromatic heterocycles. The lowest BCUT2D eigenvalue weighted by Gasteiger charge is -1.98. The third-order valence-corrected chi connectivity index (χ3v) is 3.03. The first-order valence-corrected chi connectivity index (χ1v) is 6.76. The molecule has 0 aliphatic carbocycles. The molecular weight excluding hydrogens is 192 g/mol. The van der Waals surface area contributed by atoms with Gasteiger partial charge in [-0.15, -0.1) is 0 Å². The van der Waals surface area contributed by atoms with Gasteiger partial charge in [-0.25, -0.2) is 9.86 Å². The van der Waals surface area contributed by atoms with E-state index in [4.69, 9.17) is 0 Å². The number of nitrogens with two attached hydrogens (primary N) is 1. The Balaban J connectivity index is 3.21. The van der Waals surface area contributed by atoms with Gasteiger partial charge in [-0.2, -0.15) is 8.42 Å². The van der Waals surface area contributed by atoms with Gasteiger partial charge in [0.25, 0.3) is 10.2 Å². The molecule has 0 unspecified atom stereocenters. The standard InChI is InChI=1S/C3H10N2O2S3/c1-8-9-3-2-5-10(4,6)7/h5H,2-3H2,1H3,(H2,4,6,7). The minimum Gasteiger partial charge on any atom is -0.216 e. The van der Waals surface area contributed by atoms with Crippen LogP contribution >= 0.6 is 21.6 Å². The Kier molecular flexibility index (Phi) is 5.55. The number of hydrogen-bond acceptors (Lipinski definition) is 4. The third kappa shape index (κ3) is 8.57. The minimum absolute atomic E-state index is 0.393. The summed E-state index contributed by atoms with van der Waals surface area (Å²) in [5, 5.41) is 4.66. The summed E-state index contributed by atoms with van der Waals surface area (Å²) < 4.78 is 22.7. The van der Waals surface area contributed by atoms with Crippen molar-refractivity contribution in [1.29, 1.82) is 0 Å². The van der Waals surface area contributed by atoms with E-state index in [2.05, 4.69) is 9.86 Å². The van der Waals surface area contributed by atoms with E-state index in [1.165, 1.54) is 0 Å². The summed E-state index contributed by atoms with van der Waals surface area (Å²) in [4.78, 5) is 0. The SMILES string of the molecule is CSSCCNS(N)(=O)=O. The quantitative estimate of drug-likeness (QED) is 0.478. The van der Waals surface area contributed by atoms with Crippen molar-refractivity contribution in [3.05, 3.63) is 0 Å². The fourth-order valence-electron chi connectivity index (χ4n) is 0.309. The Morgan fingerprint density at radius 1 is 1.60 bits per heavy atom. The molecule has 0 aromatic rings. The van der Waals surface area contributed by atoms with Crippen molar-refractivity contribution < 1.29 is 8.42 Å². The maximum Gasteiger partial charge on any atom is 0.274 e. The lowest BCUT2D eigenvalue weighted by Crippen LogP contribution is -2.32. The number of hydrogen-bond donors (Lipinski definition) is 2. The second kappa shape index (κ2) is 5.25. The molecule has 0 radical (unpaired) electrons. The van der Waals surface area contributed by atoms with Crippen molar-refractivity contribution in [3.63, 3.8) is 0 Å². The molecule has 0 bridgehead atoms. The Morgan fingerprint density at radius 3 is 2.60 bits per heavy atom. The first-order chi connectivity index (χ1) is 4.56. The number of nitrogens with one attached hydrogen (secondary N) is 1. The normalized spacial score (nSPS) is 11.8. The summed E-state index contributed by atoms with van der Waals surface area (Å²) in [7, 11) is -0.301. The molecule has 0 rings (SSSR count). The van der Waals surface area contributed by atoms with Crippen molar-refractivity contribution >= 4 is 31.8 Å². The monoisotopic (exact) mass is 202 g/mol. The van der Waals surface area contributed by atoms with Gasteiger partial charge in [-0.05, 0) is 6.26 Å². The molecule has 0 aliphatic heterocycles. The predicted molar refractivity (Wildman–Crippen MR) is 47.1 cm³/mol. The molecule has 62 valence electrons. The summed E-state index contributed by atoms with van der Waals surface area (Å²) >= 11 is 0. The lowest BCUT2D eigenvalue weighted by molar-refractivity contribution is 0.586. The molecule has 0 aliphatic rings. The van der Waals surface area contributed by atoms with Gasteiger partial charge in [0.2, 0.25) is 0 Å². The summed E-state index contributed by atoms with van der Waals surface area (Å²) in [5.41, 5.74) is 0. The second-order valence-electron chi connectivity index (χ2n) is 1.43. The van der Waals surface area contributed by atoms with Crippen LogP contribution in [0.4, 0.5) is 0 Å². The Bertz CT molecular complexity index is 167. The zero-order chi connectivity index (χ0) is 8.04. The van der Waals surface area contributed by atoms with Crippen LogP contribution in [0.2, 0.25) is 0 Å². The predicted octanol–water partition coefficient (Wildman–Crippen LogP) is -0.209. The first kappa shape index (κ1) is 10.6. The molecule has 0 aromatic carbocycles. The third-order valence-electron chi connectivity index (χ3n) is 0.606. The Labute approximate surface area is 68.9 Å². The average Bonchev–Trinajstić information content (AvgIpc) is 1.78. The molecule has 0 spiro atoms. The Morgan fingerprint density at radius 2 is 2.20 bits per heavy atom. The fraction of sp³-hybridized carbons (Fsp3) is 1.00. The van der Waals surface area contributed by atoms with E-state index in [9.17, 15) is 8.42 Å². The molecule has 0 fully saturated rings. The van der Waals surface area contributed by atoms with Crippen LogP contribution < -0.4 is 9.86 Å². The highest BCUT2D eigenvalue weighted by molar-refractivity contribution is 8.76. The van der Waals surface area contributed by atoms with Crippen LogP contribution in [-0.2, 0) is 10.2 Å². The summed E-state index contributed by atoms with van der Waals surface area (Å²) in [6.07, 6.45) is 1.93. The molecule has 0 atom stereocenters. The van der Waals surface area contributed by atoms with Crippen LogP contribution in [0.5, 0.6) is 0 Å². The van der Waals surface area contributed by atoms with Gasteiger partial charge in [0.15, 0.2) is 0 Å². The van der Waals surface area contributed by atoms with Gasteiger partial charge in [0.05, 0.1) is 0 Å². The molecule has 0 saturated heterocycles. The molecule has 10 heavy (non-hydrogen) atoms. The smallest absolute Gasteiger partial charge is 0.216 e. The van der Waals surface area contributed by atoms with Gasteiger partial charge < -0.3 is 0 Å². The molecule has 7 heteroatoms. The van der Waals surface area contributed by atoms with Crippen LogP contribution in [0.3, 0.4) is 0 Å². The summed E-state index contributed by atoms with van der Waals surface area (Å²) in [6.45, 7) is 0.393. The highest BCUT2D eigenvalue weighted by Crippen LogP contribution is 2.14. The first-order valence-electron chi connectivity index (χ1n) is 2.49. The molecular formula is C3H10N2O2S3. The van der Waals surface area contributed by atoms with E-state index in [0.29, 0.717) is 6.54 Å². The van der Waals surface area contributed by atoms with E-state index in [0.717, 1.165) is 5.75 Å². The molecule has 0 saturated carbocycles. The zero-order valence-corrected chi connectivity index (χ0v) is 7.98. The van der Waals surface area contributed by atoms with Crippen molar-refractivity contribution in [2.24, 2.45) is 5.14 Å². The van der Waals surface area contributed by atoms with Crippen molar-refractivity contribution in [2.75, 3.05) is 18.6 Å². The van der Waals surface area contributed by atoms with Gasteiger partial charge in [0.1, 0.15) is 0 Å². The van der Waals surface area contributed by atoms with Crippen LogP contribution in [0.25, 0.3) is 0 Å². The highest BCUT2D eigenvalue weighted by atomic mass is 33.1. The maximum absolute atomic E-state index is 10.2. The van der Waals surface area contributed by atoms with Crippen molar-refractivity contribution in [2.45, 2.75) is 0 Å². The van der Waals surface area contributed by atoms with Crippen LogP contribution in [-0.4, -0.2) is 27.0 Å². The van der Waals surface area contributed by atoms with Crippen molar-refractivity contribution in [3.8, 4) is 0 Å². The van der Waals surface area contributed by atoms with E-state index in [1.54, 1.807) is 21.6 Å². The van der Waals surface area contributed by atoms with Crippen LogP contribution in [0, 0.1) is 0 Å². The van der Waals surface area contributed by atoms with E-state index >= 15 is 0 Å². The fourth-order valence-corrected chi connectivity index (χ4v) is 1.93. The van der Waals surface area contributed by atoms with E-state index < -0.39 is 10.2 Å². The highest BCUT2D eigenvalue weighted by Gasteiger charge is 1.97. The number of rotatable bonds is 5. The van der Waals surface area contributed by atoms with Gasteiger partial charge in [-0.1, -0.05) is 21.6 Å². The van der Waals surface area contributed by atoms with Crippen molar-refractivity contribution in [1.82, 2.24) is 4.72 Å². The summed E-state index contributed by atoms with van der Waals surface area (Å²) in [6, 6.07) is 0. The van der Waals surface area contributed by atoms with Gasteiger partial charge in [0, 0.05) is 12.3 Å². The molecule has 4 nitrogen and oxygen atoms in total. The largest absolute Gasteiger partial charge is 0.274 e. The minimum atomic E-state index is -3.48. The second-order valence-corrected chi connectivity index (χ2v) is 5.49. The van der Waals surface area contributed by atoms with E-state index in [1.807, 2.05) is 6.26 Å². The topological polar surface area (TPSA) is 72.2 Å². The lowest BCUT2D eigenvalue weighted by atomic mass is 10.8. The average molecular weight is 202 g/mol. The summed E-state index contributed by atoms with van der Waals surface area (Å²) in [5.74, 6) is 0.734. The van der Waals surface area contributed by atoms with Crippen LogP contribution in [0.1, 0.15) is 0 Å². The molecule has 0 heterocycles. The molecule has 0 amide bonds. The zero-order valence-electron chi connectivity index (χ0n) is 5.53. The molecule has 3 N–H and O–H groups in total. The maximum atomic E-state index is 10.2.